The van der Waals surface area contributed by atoms with Crippen LogP contribution in [0.1, 0.15) is 23.6 Å². The molecule has 36 heavy (non-hydrogen) atoms. The topological polar surface area (TPSA) is 83.0 Å². The molecule has 3 aromatic carbocycles. The van der Waals surface area contributed by atoms with Crippen LogP contribution in [-0.2, 0) is 21.2 Å². The first-order valence-electron chi connectivity index (χ1n) is 11.5. The Labute approximate surface area is 221 Å². The lowest BCUT2D eigenvalue weighted by Crippen LogP contribution is -2.40. The Morgan fingerprint density at radius 2 is 1.78 bits per heavy atom. The van der Waals surface area contributed by atoms with Crippen molar-refractivity contribution in [1.82, 2.24) is 9.73 Å². The minimum absolute atomic E-state index is 0.137. The van der Waals surface area contributed by atoms with E-state index in [4.69, 9.17) is 28.6 Å². The Morgan fingerprint density at radius 3 is 2.58 bits per heavy atom. The number of ether oxygens (including phenoxy) is 1. The first-order valence-corrected chi connectivity index (χ1v) is 13.8. The number of hydrogen-bond acceptors (Lipinski definition) is 5. The largest absolute Gasteiger partial charge is 0.379 e. The highest BCUT2D eigenvalue weighted by atomic mass is 35.5. The molecule has 0 radical (unpaired) electrons. The summed E-state index contributed by atoms with van der Waals surface area (Å²) in [6, 6.07) is 19.3. The van der Waals surface area contributed by atoms with Gasteiger partial charge in [-0.2, -0.15) is 9.41 Å². The molecule has 1 fully saturated rings. The molecule has 0 bridgehead atoms. The fraction of sp³-hybridized carbons (Fsp3) is 0.231. The molecule has 0 saturated carbocycles. The van der Waals surface area contributed by atoms with Gasteiger partial charge in [-0.25, -0.2) is 8.42 Å². The summed E-state index contributed by atoms with van der Waals surface area (Å²) in [5.41, 5.74) is 10.1. The van der Waals surface area contributed by atoms with Gasteiger partial charge in [0.2, 0.25) is 10.0 Å². The Kier molecular flexibility index (Phi) is 7.09. The number of nitrogens with one attached hydrogen (secondary N) is 2. The summed E-state index contributed by atoms with van der Waals surface area (Å²) in [6.07, 6.45) is 0.905. The average Bonchev–Trinajstić information content (AvgIpc) is 3.27. The predicted octanol–water partition coefficient (Wildman–Crippen LogP) is 4.64. The van der Waals surface area contributed by atoms with Crippen LogP contribution in [-0.4, -0.2) is 49.9 Å². The molecule has 0 spiro atoms. The number of benzene rings is 3. The van der Waals surface area contributed by atoms with Gasteiger partial charge in [-0.05, 0) is 77.6 Å². The monoisotopic (exact) mass is 540 g/mol. The molecular formula is C26H25ClN4O3S2. The number of thiocarbonyl (C=S) groups is 1. The van der Waals surface area contributed by atoms with E-state index >= 15 is 0 Å². The van der Waals surface area contributed by atoms with E-state index in [0.717, 1.165) is 17.7 Å². The quantitative estimate of drug-likeness (QED) is 0.218. The van der Waals surface area contributed by atoms with Crippen LogP contribution >= 0.6 is 23.8 Å². The lowest BCUT2D eigenvalue weighted by Gasteiger charge is -2.26. The average molecular weight is 541 g/mol. The summed E-state index contributed by atoms with van der Waals surface area (Å²) in [5.74, 6) is 0. The van der Waals surface area contributed by atoms with Crippen molar-refractivity contribution < 1.29 is 13.2 Å². The summed E-state index contributed by atoms with van der Waals surface area (Å²) >= 11 is 11.7. The van der Waals surface area contributed by atoms with Crippen molar-refractivity contribution in [2.75, 3.05) is 31.6 Å². The Morgan fingerprint density at radius 1 is 1.03 bits per heavy atom. The molecule has 0 unspecified atom stereocenters. The molecule has 1 heterocycles. The van der Waals surface area contributed by atoms with Gasteiger partial charge in [0.25, 0.3) is 0 Å². The molecule has 2 N–H and O–H groups in total. The first-order chi connectivity index (χ1) is 17.3. The summed E-state index contributed by atoms with van der Waals surface area (Å²) < 4.78 is 32.6. The second-order valence-electron chi connectivity index (χ2n) is 8.63. The number of sulfonamides is 1. The van der Waals surface area contributed by atoms with Gasteiger partial charge in [-0.15, -0.1) is 0 Å². The van der Waals surface area contributed by atoms with Gasteiger partial charge in [-0.3, -0.25) is 5.43 Å². The maximum atomic E-state index is 13.0. The van der Waals surface area contributed by atoms with Crippen molar-refractivity contribution in [3.8, 4) is 11.1 Å². The Balaban J connectivity index is 1.27. The van der Waals surface area contributed by atoms with Crippen LogP contribution in [0.2, 0.25) is 5.02 Å². The number of morpholine rings is 1. The van der Waals surface area contributed by atoms with E-state index < -0.39 is 10.0 Å². The minimum Gasteiger partial charge on any atom is -0.379 e. The van der Waals surface area contributed by atoms with Crippen molar-refractivity contribution in [3.05, 3.63) is 82.4 Å². The minimum atomic E-state index is -3.66. The number of rotatable bonds is 5. The molecule has 1 aliphatic carbocycles. The number of hydrazone groups is 1. The molecule has 0 amide bonds. The van der Waals surface area contributed by atoms with E-state index in [2.05, 4.69) is 58.3 Å². The van der Waals surface area contributed by atoms with Crippen molar-refractivity contribution in [2.45, 2.75) is 18.2 Å². The maximum Gasteiger partial charge on any atom is 0.243 e. The lowest BCUT2D eigenvalue weighted by molar-refractivity contribution is 0.0730. The van der Waals surface area contributed by atoms with Crippen LogP contribution in [0.5, 0.6) is 0 Å². The lowest BCUT2D eigenvalue weighted by atomic mass is 10.0. The van der Waals surface area contributed by atoms with Crippen LogP contribution < -0.4 is 10.7 Å². The highest BCUT2D eigenvalue weighted by molar-refractivity contribution is 7.89. The smallest absolute Gasteiger partial charge is 0.243 e. The Hall–Kier alpha value is -2.82. The third kappa shape index (κ3) is 5.02. The fourth-order valence-electron chi connectivity index (χ4n) is 4.42. The number of anilines is 1. The summed E-state index contributed by atoms with van der Waals surface area (Å²) in [4.78, 5) is 0.137. The molecule has 0 atom stereocenters. The number of fused-ring (bicyclic) bond motifs is 3. The standard InChI is InChI=1S/C26H25ClN4O3S2/c1-17(18-6-8-23-20(14-18)15-19-4-2-3-5-22(19)23)29-30-26(35)28-25-16-21(7-9-24(25)27)36(32,33)31-10-12-34-13-11-31/h2-9,14,16H,10-13,15H2,1H3,(H2,28,30,35). The van der Waals surface area contributed by atoms with E-state index in [9.17, 15) is 8.42 Å². The molecule has 2 aliphatic rings. The number of hydrogen-bond donors (Lipinski definition) is 2. The van der Waals surface area contributed by atoms with Gasteiger partial charge in [0.1, 0.15) is 0 Å². The molecular weight excluding hydrogens is 516 g/mol. The fourth-order valence-corrected chi connectivity index (χ4v) is 6.17. The normalized spacial score (nSPS) is 15.8. The van der Waals surface area contributed by atoms with Crippen molar-refractivity contribution >= 4 is 50.4 Å². The van der Waals surface area contributed by atoms with Gasteiger partial charge in [-0.1, -0.05) is 48.0 Å². The highest BCUT2D eigenvalue weighted by Gasteiger charge is 2.27. The van der Waals surface area contributed by atoms with Gasteiger partial charge >= 0.3 is 0 Å². The molecule has 1 aliphatic heterocycles. The van der Waals surface area contributed by atoms with E-state index in [1.807, 2.05) is 6.92 Å². The van der Waals surface area contributed by atoms with Gasteiger partial charge < -0.3 is 10.1 Å². The van der Waals surface area contributed by atoms with Crippen LogP contribution in [0.3, 0.4) is 0 Å². The van der Waals surface area contributed by atoms with Crippen LogP contribution in [0.15, 0.2) is 70.7 Å². The highest BCUT2D eigenvalue weighted by Crippen LogP contribution is 2.36. The van der Waals surface area contributed by atoms with E-state index in [-0.39, 0.29) is 10.0 Å². The molecule has 1 saturated heterocycles. The molecule has 186 valence electrons. The molecule has 10 heteroatoms. The van der Waals surface area contributed by atoms with E-state index in [0.29, 0.717) is 37.0 Å². The van der Waals surface area contributed by atoms with Crippen molar-refractivity contribution in [3.63, 3.8) is 0 Å². The van der Waals surface area contributed by atoms with Gasteiger partial charge in [0.05, 0.1) is 34.5 Å². The molecule has 3 aromatic rings. The zero-order valence-electron chi connectivity index (χ0n) is 19.6. The maximum absolute atomic E-state index is 13.0. The zero-order chi connectivity index (χ0) is 25.3. The Bertz CT molecular complexity index is 1470. The van der Waals surface area contributed by atoms with Gasteiger partial charge in [0, 0.05) is 13.1 Å². The van der Waals surface area contributed by atoms with Crippen LogP contribution in [0, 0.1) is 0 Å². The summed E-state index contributed by atoms with van der Waals surface area (Å²) in [6.45, 7) is 3.29. The number of nitrogens with zero attached hydrogens (tertiary/aromatic N) is 2. The van der Waals surface area contributed by atoms with Crippen LogP contribution in [0.25, 0.3) is 11.1 Å². The molecule has 7 nitrogen and oxygen atoms in total. The zero-order valence-corrected chi connectivity index (χ0v) is 22.0. The predicted molar refractivity (Wildman–Crippen MR) is 147 cm³/mol. The molecule has 0 aromatic heterocycles. The van der Waals surface area contributed by atoms with E-state index in [1.54, 1.807) is 0 Å². The third-order valence-corrected chi connectivity index (χ3v) is 8.75. The van der Waals surface area contributed by atoms with E-state index in [1.165, 1.54) is 44.8 Å². The number of halogens is 1. The first kappa shape index (κ1) is 24.9. The SMILES string of the molecule is CC(=NNC(=S)Nc1cc(S(=O)(=O)N2CCOCC2)ccc1Cl)c1ccc2c(c1)Cc1ccccc1-2. The van der Waals surface area contributed by atoms with Crippen molar-refractivity contribution in [2.24, 2.45) is 5.10 Å². The van der Waals surface area contributed by atoms with Crippen molar-refractivity contribution in [1.29, 1.82) is 0 Å². The third-order valence-electron chi connectivity index (χ3n) is 6.33. The van der Waals surface area contributed by atoms with Crippen LogP contribution in [0.4, 0.5) is 5.69 Å². The molecule has 5 rings (SSSR count). The van der Waals surface area contributed by atoms with Gasteiger partial charge in [0.15, 0.2) is 5.11 Å². The second kappa shape index (κ2) is 10.3. The summed E-state index contributed by atoms with van der Waals surface area (Å²) in [5, 5.41) is 7.92. The summed E-state index contributed by atoms with van der Waals surface area (Å²) in [7, 11) is -3.66. The second-order valence-corrected chi connectivity index (χ2v) is 11.4.